The molecule has 0 aromatic carbocycles. The second-order valence-electron chi connectivity index (χ2n) is 3.18. The Morgan fingerprint density at radius 2 is 2.33 bits per heavy atom. The summed E-state index contributed by atoms with van der Waals surface area (Å²) in [5, 5.41) is 12.3. The minimum Gasteiger partial charge on any atom is -0.390 e. The molecule has 0 aromatic heterocycles. The highest BCUT2D eigenvalue weighted by Gasteiger charge is 2.46. The molecule has 2 N–H and O–H groups in total. The fourth-order valence-electron chi connectivity index (χ4n) is 1.36. The molecule has 1 atom stereocenters. The van der Waals surface area contributed by atoms with Gasteiger partial charge in [-0.2, -0.15) is 13.9 Å². The van der Waals surface area contributed by atoms with Crippen LogP contribution in [0.3, 0.4) is 0 Å². The Morgan fingerprint density at radius 3 is 3.00 bits per heavy atom. The third kappa shape index (κ3) is 1.76. The van der Waals surface area contributed by atoms with Crippen LogP contribution in [0.15, 0.2) is 27.9 Å². The number of hydrazone groups is 1. The summed E-state index contributed by atoms with van der Waals surface area (Å²) in [4.78, 5) is 1.28. The van der Waals surface area contributed by atoms with Crippen molar-refractivity contribution in [3.05, 3.63) is 22.8 Å². The van der Waals surface area contributed by atoms with Crippen LogP contribution in [0.5, 0.6) is 0 Å². The maximum atomic E-state index is 13.3. The Kier molecular flexibility index (Phi) is 2.51. The van der Waals surface area contributed by atoms with Gasteiger partial charge in [0.15, 0.2) is 12.0 Å². The fourth-order valence-corrected chi connectivity index (χ4v) is 1.71. The third-order valence-corrected chi connectivity index (χ3v) is 2.58. The Bertz CT molecular complexity index is 367. The van der Waals surface area contributed by atoms with Crippen molar-refractivity contribution in [1.29, 1.82) is 0 Å². The second kappa shape index (κ2) is 3.57. The minimum absolute atomic E-state index is 0.399. The lowest BCUT2D eigenvalue weighted by molar-refractivity contribution is -0.0987. The second-order valence-corrected chi connectivity index (χ2v) is 4.09. The molecule has 0 saturated heterocycles. The average Bonchev–Trinajstić information content (AvgIpc) is 2.61. The Balaban J connectivity index is 2.25. The number of rotatable bonds is 2. The van der Waals surface area contributed by atoms with E-state index in [0.29, 0.717) is 10.3 Å². The van der Waals surface area contributed by atoms with E-state index in [2.05, 4.69) is 26.5 Å². The molecule has 0 radical (unpaired) electrons. The summed E-state index contributed by atoms with van der Waals surface area (Å²) in [5.74, 6) is -2.85. The van der Waals surface area contributed by atoms with Crippen molar-refractivity contribution in [1.82, 2.24) is 10.3 Å². The molecule has 2 aliphatic rings. The summed E-state index contributed by atoms with van der Waals surface area (Å²) < 4.78 is 27.2. The van der Waals surface area contributed by atoms with Crippen molar-refractivity contribution < 1.29 is 13.9 Å². The number of alkyl halides is 2. The van der Waals surface area contributed by atoms with Gasteiger partial charge in [0.25, 0.3) is 0 Å². The molecule has 2 rings (SSSR count). The van der Waals surface area contributed by atoms with Gasteiger partial charge < -0.3 is 10.0 Å². The number of allylic oxidation sites excluding steroid dienone is 2. The molecule has 82 valence electrons. The van der Waals surface area contributed by atoms with E-state index in [4.69, 9.17) is 5.11 Å². The van der Waals surface area contributed by atoms with Gasteiger partial charge in [0, 0.05) is 10.7 Å². The number of aliphatic hydroxyl groups is 1. The summed E-state index contributed by atoms with van der Waals surface area (Å²) >= 11 is 3.18. The van der Waals surface area contributed by atoms with E-state index in [-0.39, 0.29) is 0 Å². The van der Waals surface area contributed by atoms with E-state index in [1.165, 1.54) is 11.1 Å². The molecule has 0 aromatic rings. The van der Waals surface area contributed by atoms with Crippen molar-refractivity contribution >= 4 is 21.8 Å². The van der Waals surface area contributed by atoms with Crippen molar-refractivity contribution in [3.8, 4) is 0 Å². The van der Waals surface area contributed by atoms with Crippen LogP contribution in [0, 0.1) is 0 Å². The monoisotopic (exact) mass is 279 g/mol. The Hall–Kier alpha value is -0.950. The molecule has 0 saturated carbocycles. The highest BCUT2D eigenvalue weighted by Crippen LogP contribution is 2.28. The van der Waals surface area contributed by atoms with Gasteiger partial charge in [-0.05, 0) is 28.1 Å². The first kappa shape index (κ1) is 10.6. The third-order valence-electron chi connectivity index (χ3n) is 2.11. The van der Waals surface area contributed by atoms with E-state index in [0.717, 1.165) is 0 Å². The molecule has 15 heavy (non-hydrogen) atoms. The molecule has 0 spiro atoms. The van der Waals surface area contributed by atoms with Crippen molar-refractivity contribution in [2.75, 3.05) is 6.61 Å². The largest absolute Gasteiger partial charge is 0.390 e. The lowest BCUT2D eigenvalue weighted by Crippen LogP contribution is -2.52. The summed E-state index contributed by atoms with van der Waals surface area (Å²) in [6.45, 7) is -1.22. The smallest absolute Gasteiger partial charge is 0.310 e. The van der Waals surface area contributed by atoms with Crippen LogP contribution in [0.4, 0.5) is 8.78 Å². The van der Waals surface area contributed by atoms with Crippen LogP contribution in [0.1, 0.15) is 0 Å². The van der Waals surface area contributed by atoms with Gasteiger partial charge in [0.1, 0.15) is 6.61 Å². The van der Waals surface area contributed by atoms with Gasteiger partial charge >= 0.3 is 5.92 Å². The van der Waals surface area contributed by atoms with Crippen LogP contribution < -0.4 is 5.43 Å². The van der Waals surface area contributed by atoms with Gasteiger partial charge in [0.2, 0.25) is 0 Å². The van der Waals surface area contributed by atoms with E-state index in [1.807, 2.05) is 0 Å². The molecule has 0 fully saturated rings. The highest BCUT2D eigenvalue weighted by atomic mass is 79.9. The first-order chi connectivity index (χ1) is 7.04. The number of halogens is 3. The highest BCUT2D eigenvalue weighted by molar-refractivity contribution is 9.11. The number of fused-ring (bicyclic) bond motifs is 1. The van der Waals surface area contributed by atoms with Gasteiger partial charge in [-0.25, -0.2) is 0 Å². The number of nitrogens with one attached hydrogen (secondary N) is 1. The Morgan fingerprint density at radius 1 is 1.60 bits per heavy atom. The van der Waals surface area contributed by atoms with Gasteiger partial charge in [0.05, 0.1) is 0 Å². The minimum atomic E-state index is -3.25. The van der Waals surface area contributed by atoms with E-state index in [1.54, 1.807) is 12.2 Å². The lowest BCUT2D eigenvalue weighted by Gasteiger charge is -2.29. The maximum Gasteiger partial charge on any atom is 0.310 e. The number of hydrogen-bond acceptors (Lipinski definition) is 4. The van der Waals surface area contributed by atoms with Gasteiger partial charge in [-0.3, -0.25) is 5.43 Å². The number of aliphatic hydroxyl groups excluding tert-OH is 1. The molecule has 7 heteroatoms. The molecular formula is C8H8BrF2N3O. The average molecular weight is 280 g/mol. The molecule has 0 aliphatic carbocycles. The predicted octanol–water partition coefficient (Wildman–Crippen LogP) is 0.965. The number of amidine groups is 1. The first-order valence-corrected chi connectivity index (χ1v) is 4.99. The molecule has 1 unspecified atom stereocenters. The van der Waals surface area contributed by atoms with Crippen LogP contribution in [-0.4, -0.2) is 34.5 Å². The van der Waals surface area contributed by atoms with E-state index >= 15 is 0 Å². The van der Waals surface area contributed by atoms with E-state index in [9.17, 15) is 8.78 Å². The summed E-state index contributed by atoms with van der Waals surface area (Å²) in [6.07, 6.45) is 3.46. The first-order valence-electron chi connectivity index (χ1n) is 4.20. The van der Waals surface area contributed by atoms with Crippen LogP contribution >= 0.6 is 15.9 Å². The Labute approximate surface area is 93.1 Å². The lowest BCUT2D eigenvalue weighted by atomic mass is 10.2. The topological polar surface area (TPSA) is 47.9 Å². The molecule has 4 nitrogen and oxygen atoms in total. The summed E-state index contributed by atoms with van der Waals surface area (Å²) in [7, 11) is 0. The zero-order valence-corrected chi connectivity index (χ0v) is 9.08. The number of nitrogens with zero attached hydrogens (tertiary/aromatic N) is 2. The standard InChI is InChI=1S/C8H8BrF2N3O/c9-5-1-2-6-12-13-7(14(6)3-5)8(10,11)4-15/h1-3,7,13,15H,4H2. The van der Waals surface area contributed by atoms with Crippen LogP contribution in [0.2, 0.25) is 0 Å². The van der Waals surface area contributed by atoms with Crippen molar-refractivity contribution in [3.63, 3.8) is 0 Å². The van der Waals surface area contributed by atoms with Crippen molar-refractivity contribution in [2.45, 2.75) is 12.1 Å². The van der Waals surface area contributed by atoms with Gasteiger partial charge in [-0.1, -0.05) is 0 Å². The quantitative estimate of drug-likeness (QED) is 0.792. The van der Waals surface area contributed by atoms with E-state index < -0.39 is 18.7 Å². The van der Waals surface area contributed by atoms with Crippen LogP contribution in [0.25, 0.3) is 0 Å². The van der Waals surface area contributed by atoms with Crippen molar-refractivity contribution in [2.24, 2.45) is 5.10 Å². The maximum absolute atomic E-state index is 13.3. The molecule has 2 aliphatic heterocycles. The predicted molar refractivity (Wildman–Crippen MR) is 54.4 cm³/mol. The summed E-state index contributed by atoms with van der Waals surface area (Å²) in [6, 6.07) is 0. The molecule has 0 amide bonds. The molecule has 0 bridgehead atoms. The molecule has 2 heterocycles. The van der Waals surface area contributed by atoms with Crippen LogP contribution in [-0.2, 0) is 0 Å². The zero-order chi connectivity index (χ0) is 11.1. The fraction of sp³-hybridized carbons (Fsp3) is 0.375. The SMILES string of the molecule is OCC(F)(F)C1NN=C2C=CC(Br)=CN21. The van der Waals surface area contributed by atoms with Gasteiger partial charge in [-0.15, -0.1) is 0 Å². The zero-order valence-electron chi connectivity index (χ0n) is 7.49. The molecular weight excluding hydrogens is 272 g/mol. The normalized spacial score (nSPS) is 24.5. The summed E-state index contributed by atoms with van der Waals surface area (Å²) in [5.41, 5.74) is 2.30. The number of hydrogen-bond donors (Lipinski definition) is 2.